The first-order valence-corrected chi connectivity index (χ1v) is 15.5. The van der Waals surface area contributed by atoms with Gasteiger partial charge >= 0.3 is 0 Å². The van der Waals surface area contributed by atoms with Gasteiger partial charge in [0.05, 0.1) is 11.9 Å². The third-order valence-corrected chi connectivity index (χ3v) is 7.83. The largest absolute Gasteiger partial charge is 0.354 e. The monoisotopic (exact) mass is 605 g/mol. The van der Waals surface area contributed by atoms with Gasteiger partial charge in [-0.05, 0) is 48.2 Å². The summed E-state index contributed by atoms with van der Waals surface area (Å²) in [5.74, 6) is -2.94. The minimum atomic E-state index is -3.86. The van der Waals surface area contributed by atoms with Gasteiger partial charge in [0.25, 0.3) is 0 Å². The maximum absolute atomic E-state index is 13.8. The minimum Gasteiger partial charge on any atom is -0.354 e. The summed E-state index contributed by atoms with van der Waals surface area (Å²) in [6.45, 7) is 2.34. The summed E-state index contributed by atoms with van der Waals surface area (Å²) < 4.78 is 53.1. The zero-order valence-corrected chi connectivity index (χ0v) is 24.6. The fourth-order valence-corrected chi connectivity index (χ4v) is 5.57. The summed E-state index contributed by atoms with van der Waals surface area (Å²) >= 11 is 6.19. The molecule has 11 heteroatoms. The summed E-state index contributed by atoms with van der Waals surface area (Å²) in [6.07, 6.45) is 1.92. The van der Waals surface area contributed by atoms with Crippen LogP contribution in [0.4, 0.5) is 14.5 Å². The van der Waals surface area contributed by atoms with Crippen LogP contribution in [0.1, 0.15) is 37.3 Å². The third kappa shape index (κ3) is 9.54. The van der Waals surface area contributed by atoms with Crippen LogP contribution in [0.15, 0.2) is 72.8 Å². The number of hydrogen-bond donors (Lipinski definition) is 1. The molecular formula is C30H34ClF2N3O4S. The number of nitrogens with zero attached hydrogens (tertiary/aromatic N) is 2. The number of halogens is 3. The second-order valence-electron chi connectivity index (χ2n) is 9.69. The maximum atomic E-state index is 13.8. The highest BCUT2D eigenvalue weighted by Gasteiger charge is 2.30. The van der Waals surface area contributed by atoms with Crippen LogP contribution in [-0.4, -0.2) is 50.5 Å². The highest BCUT2D eigenvalue weighted by Crippen LogP contribution is 2.22. The molecule has 0 aliphatic carbocycles. The van der Waals surface area contributed by atoms with Crippen molar-refractivity contribution in [1.29, 1.82) is 0 Å². The Kier molecular flexibility index (Phi) is 11.7. The number of benzene rings is 3. The van der Waals surface area contributed by atoms with Gasteiger partial charge in [-0.3, -0.25) is 13.9 Å². The van der Waals surface area contributed by atoms with Crippen molar-refractivity contribution in [3.05, 3.63) is 101 Å². The summed E-state index contributed by atoms with van der Waals surface area (Å²) in [5, 5.41) is 3.38. The van der Waals surface area contributed by atoms with Crippen LogP contribution in [-0.2, 0) is 32.6 Å². The number of amides is 2. The van der Waals surface area contributed by atoms with Crippen molar-refractivity contribution in [3.63, 3.8) is 0 Å². The van der Waals surface area contributed by atoms with E-state index in [4.69, 9.17) is 11.6 Å². The van der Waals surface area contributed by atoms with E-state index in [1.807, 2.05) is 43.3 Å². The summed E-state index contributed by atoms with van der Waals surface area (Å²) in [5.41, 5.74) is 1.55. The summed E-state index contributed by atoms with van der Waals surface area (Å²) in [7, 11) is -3.86. The van der Waals surface area contributed by atoms with E-state index >= 15 is 0 Å². The lowest BCUT2D eigenvalue weighted by molar-refractivity contribution is -0.141. The normalized spacial score (nSPS) is 12.0. The second-order valence-corrected chi connectivity index (χ2v) is 12.0. The van der Waals surface area contributed by atoms with Gasteiger partial charge < -0.3 is 10.2 Å². The molecule has 0 bridgehead atoms. The van der Waals surface area contributed by atoms with Gasteiger partial charge in [0.2, 0.25) is 21.8 Å². The lowest BCUT2D eigenvalue weighted by atomic mass is 10.0. The average Bonchev–Trinajstić information content (AvgIpc) is 2.93. The number of carbonyl (C=O) groups excluding carboxylic acids is 2. The molecule has 0 saturated carbocycles. The van der Waals surface area contributed by atoms with Crippen molar-refractivity contribution >= 4 is 39.1 Å². The molecule has 0 aliphatic rings. The average molecular weight is 606 g/mol. The molecule has 3 aromatic carbocycles. The number of anilines is 1. The van der Waals surface area contributed by atoms with Gasteiger partial charge in [0, 0.05) is 43.6 Å². The number of sulfonamides is 1. The number of rotatable bonds is 14. The molecule has 0 aromatic heterocycles. The minimum absolute atomic E-state index is 0.0458. The molecule has 1 atom stereocenters. The lowest BCUT2D eigenvalue weighted by Gasteiger charge is -2.32. The molecule has 220 valence electrons. The molecule has 3 aromatic rings. The van der Waals surface area contributed by atoms with E-state index in [0.29, 0.717) is 11.6 Å². The molecule has 0 spiro atoms. The van der Waals surface area contributed by atoms with E-state index in [2.05, 4.69) is 5.32 Å². The van der Waals surface area contributed by atoms with Crippen LogP contribution >= 0.6 is 11.6 Å². The Morgan fingerprint density at radius 2 is 1.66 bits per heavy atom. The van der Waals surface area contributed by atoms with Crippen LogP contribution in [0.2, 0.25) is 5.02 Å². The predicted molar refractivity (Wildman–Crippen MR) is 157 cm³/mol. The van der Waals surface area contributed by atoms with Crippen molar-refractivity contribution in [2.24, 2.45) is 0 Å². The predicted octanol–water partition coefficient (Wildman–Crippen LogP) is 5.33. The molecule has 41 heavy (non-hydrogen) atoms. The fraction of sp³-hybridized carbons (Fsp3) is 0.333. The van der Waals surface area contributed by atoms with Gasteiger partial charge in [-0.15, -0.1) is 0 Å². The smallest absolute Gasteiger partial charge is 0.243 e. The van der Waals surface area contributed by atoms with Gasteiger partial charge in [-0.2, -0.15) is 0 Å². The maximum Gasteiger partial charge on any atom is 0.243 e. The molecule has 2 amide bonds. The van der Waals surface area contributed by atoms with Crippen molar-refractivity contribution in [3.8, 4) is 0 Å². The van der Waals surface area contributed by atoms with E-state index in [1.165, 1.54) is 11.0 Å². The first-order valence-electron chi connectivity index (χ1n) is 13.3. The highest BCUT2D eigenvalue weighted by molar-refractivity contribution is 7.92. The van der Waals surface area contributed by atoms with Gasteiger partial charge in [0.1, 0.15) is 6.04 Å². The van der Waals surface area contributed by atoms with Crippen molar-refractivity contribution in [1.82, 2.24) is 10.2 Å². The summed E-state index contributed by atoms with van der Waals surface area (Å²) in [4.78, 5) is 28.6. The van der Waals surface area contributed by atoms with E-state index < -0.39 is 27.7 Å². The standard InChI is InChI=1S/C30H34ClF2N3O4S/c1-3-16-34-30(38)28(19-22-9-5-4-6-10-22)35(21-23-11-7-12-24(31)18-23)29(37)13-8-17-36(41(2,39)40)25-14-15-26(32)27(33)20-25/h4-7,9-12,14-15,18,20,28H,3,8,13,16-17,19,21H2,1-2H3,(H,34,38)/t28-/m1/s1. The van der Waals surface area contributed by atoms with Gasteiger partial charge in [0.15, 0.2) is 11.6 Å². The zero-order valence-electron chi connectivity index (χ0n) is 23.0. The Bertz CT molecular complexity index is 1440. The Labute approximate surface area is 245 Å². The quantitative estimate of drug-likeness (QED) is 0.269. The molecular weight excluding hydrogens is 572 g/mol. The Morgan fingerprint density at radius 3 is 2.29 bits per heavy atom. The van der Waals surface area contributed by atoms with Crippen molar-refractivity contribution < 1.29 is 26.8 Å². The molecule has 0 radical (unpaired) electrons. The number of nitrogens with one attached hydrogen (secondary N) is 1. The molecule has 1 N–H and O–H groups in total. The molecule has 0 saturated heterocycles. The first kappa shape index (κ1) is 32.0. The van der Waals surface area contributed by atoms with Crippen LogP contribution in [0, 0.1) is 11.6 Å². The van der Waals surface area contributed by atoms with E-state index in [9.17, 15) is 26.8 Å². The SMILES string of the molecule is CCCNC(=O)[C@@H](Cc1ccccc1)N(Cc1cccc(Cl)c1)C(=O)CCCN(c1ccc(F)c(F)c1)S(C)(=O)=O. The number of carbonyl (C=O) groups is 2. The first-order chi connectivity index (χ1) is 19.5. The molecule has 7 nitrogen and oxygen atoms in total. The Balaban J connectivity index is 1.88. The fourth-order valence-electron chi connectivity index (χ4n) is 4.40. The van der Waals surface area contributed by atoms with Crippen LogP contribution in [0.5, 0.6) is 0 Å². The highest BCUT2D eigenvalue weighted by atomic mass is 35.5. The molecule has 3 rings (SSSR count). The second kappa shape index (κ2) is 14.9. The van der Waals surface area contributed by atoms with Crippen LogP contribution in [0.3, 0.4) is 0 Å². The zero-order chi connectivity index (χ0) is 30.0. The van der Waals surface area contributed by atoms with Crippen molar-refractivity contribution in [2.45, 2.75) is 45.2 Å². The Morgan fingerprint density at radius 1 is 0.951 bits per heavy atom. The van der Waals surface area contributed by atoms with Gasteiger partial charge in [-0.25, -0.2) is 17.2 Å². The van der Waals surface area contributed by atoms with E-state index in [-0.39, 0.29) is 49.9 Å². The van der Waals surface area contributed by atoms with Gasteiger partial charge in [-0.1, -0.05) is 61.0 Å². The van der Waals surface area contributed by atoms with Crippen LogP contribution in [0.25, 0.3) is 0 Å². The lowest BCUT2D eigenvalue weighted by Crippen LogP contribution is -2.50. The van der Waals surface area contributed by atoms with Crippen molar-refractivity contribution in [2.75, 3.05) is 23.7 Å². The topological polar surface area (TPSA) is 86.8 Å². The molecule has 0 aliphatic heterocycles. The summed E-state index contributed by atoms with van der Waals surface area (Å²) in [6, 6.07) is 18.3. The molecule has 0 fully saturated rings. The molecule has 0 heterocycles. The Hall–Kier alpha value is -3.50. The van der Waals surface area contributed by atoms with E-state index in [0.717, 1.165) is 40.2 Å². The third-order valence-electron chi connectivity index (χ3n) is 6.41. The van der Waals surface area contributed by atoms with E-state index in [1.54, 1.807) is 18.2 Å². The number of hydrogen-bond acceptors (Lipinski definition) is 4. The van der Waals surface area contributed by atoms with Crippen LogP contribution < -0.4 is 9.62 Å². The molecule has 0 unspecified atom stereocenters.